The number of aliphatic carboxylic acids is 1. The molecule has 0 saturated carbocycles. The van der Waals surface area contributed by atoms with Crippen molar-refractivity contribution in [2.24, 2.45) is 0 Å². The first-order valence-corrected chi connectivity index (χ1v) is 6.17. The first kappa shape index (κ1) is 11.4. The molecule has 0 radical (unpaired) electrons. The molecular formula is C12H15N3O3. The Morgan fingerprint density at radius 3 is 3.00 bits per heavy atom. The summed E-state index contributed by atoms with van der Waals surface area (Å²) in [6.07, 6.45) is 4.01. The molecule has 1 aromatic rings. The quantitative estimate of drug-likeness (QED) is 0.766. The summed E-state index contributed by atoms with van der Waals surface area (Å²) in [5, 5.41) is 18.9. The van der Waals surface area contributed by atoms with Crippen molar-refractivity contribution in [3.63, 3.8) is 0 Å². The molecule has 2 N–H and O–H groups in total. The highest BCUT2D eigenvalue weighted by Gasteiger charge is 2.38. The predicted molar refractivity (Wildman–Crippen MR) is 63.5 cm³/mol. The Morgan fingerprint density at radius 2 is 2.22 bits per heavy atom. The summed E-state index contributed by atoms with van der Waals surface area (Å²) in [7, 11) is 0. The lowest BCUT2D eigenvalue weighted by Gasteiger charge is -2.24. The molecule has 2 heterocycles. The summed E-state index contributed by atoms with van der Waals surface area (Å²) in [6.45, 7) is 0.334. The van der Waals surface area contributed by atoms with Crippen LogP contribution in [0.25, 0.3) is 0 Å². The number of nitrogens with zero attached hydrogens (tertiary/aromatic N) is 3. The van der Waals surface area contributed by atoms with Gasteiger partial charge >= 0.3 is 5.97 Å². The van der Waals surface area contributed by atoms with Gasteiger partial charge in [0.1, 0.15) is 18.2 Å². The highest BCUT2D eigenvalue weighted by Crippen LogP contribution is 2.32. The summed E-state index contributed by atoms with van der Waals surface area (Å²) in [6, 6.07) is -0.681. The van der Waals surface area contributed by atoms with Gasteiger partial charge in [0.15, 0.2) is 0 Å². The zero-order chi connectivity index (χ0) is 12.7. The van der Waals surface area contributed by atoms with Gasteiger partial charge in [-0.2, -0.15) is 0 Å². The Bertz CT molecular complexity index is 491. The van der Waals surface area contributed by atoms with E-state index in [0.717, 1.165) is 30.5 Å². The fourth-order valence-electron chi connectivity index (χ4n) is 2.87. The summed E-state index contributed by atoms with van der Waals surface area (Å²) >= 11 is 0. The fourth-order valence-corrected chi connectivity index (χ4v) is 2.87. The van der Waals surface area contributed by atoms with E-state index in [1.54, 1.807) is 4.90 Å². The van der Waals surface area contributed by atoms with Crippen LogP contribution in [0.5, 0.6) is 0 Å². The molecule has 2 aliphatic rings. The number of carboxylic acid groups (broad SMARTS) is 1. The lowest BCUT2D eigenvalue weighted by molar-refractivity contribution is -0.138. The molecule has 1 aliphatic heterocycles. The molecule has 1 fully saturated rings. The molecule has 0 aromatic carbocycles. The van der Waals surface area contributed by atoms with Gasteiger partial charge in [-0.3, -0.25) is 0 Å². The zero-order valence-electron chi connectivity index (χ0n) is 9.91. The minimum atomic E-state index is -0.906. The van der Waals surface area contributed by atoms with Crippen LogP contribution >= 0.6 is 0 Å². The minimum Gasteiger partial charge on any atom is -0.480 e. The molecule has 0 spiro atoms. The van der Waals surface area contributed by atoms with Crippen molar-refractivity contribution in [2.45, 2.75) is 37.8 Å². The number of aromatic nitrogens is 2. The lowest BCUT2D eigenvalue weighted by Crippen LogP contribution is -2.37. The standard InChI is InChI=1S/C12H15N3O3/c16-7-4-10(12(17)18)15(5-7)11-8-2-1-3-9(8)13-6-14-11/h6-7,10,16H,1-5H2,(H,17,18). The number of hydrogen-bond acceptors (Lipinski definition) is 5. The molecule has 1 aromatic heterocycles. The lowest BCUT2D eigenvalue weighted by atomic mass is 10.2. The molecule has 2 atom stereocenters. The number of aryl methyl sites for hydroxylation is 1. The van der Waals surface area contributed by atoms with E-state index in [9.17, 15) is 15.0 Å². The van der Waals surface area contributed by atoms with Gasteiger partial charge in [-0.15, -0.1) is 0 Å². The van der Waals surface area contributed by atoms with Crippen LogP contribution in [0.1, 0.15) is 24.1 Å². The SMILES string of the molecule is O=C(O)C1CC(O)CN1c1ncnc2c1CCC2. The van der Waals surface area contributed by atoms with Crippen LogP contribution in [0.4, 0.5) is 5.82 Å². The van der Waals surface area contributed by atoms with Gasteiger partial charge in [0, 0.05) is 24.2 Å². The molecule has 18 heavy (non-hydrogen) atoms. The number of anilines is 1. The Hall–Kier alpha value is -1.69. The summed E-state index contributed by atoms with van der Waals surface area (Å²) in [5.74, 6) is -0.210. The highest BCUT2D eigenvalue weighted by molar-refractivity contribution is 5.79. The van der Waals surface area contributed by atoms with Gasteiger partial charge in [0.25, 0.3) is 0 Å². The second-order valence-corrected chi connectivity index (χ2v) is 4.87. The van der Waals surface area contributed by atoms with Crippen LogP contribution in [0.3, 0.4) is 0 Å². The van der Waals surface area contributed by atoms with E-state index < -0.39 is 18.1 Å². The maximum atomic E-state index is 11.2. The number of aliphatic hydroxyl groups is 1. The molecule has 3 rings (SSSR count). The Kier molecular flexibility index (Phi) is 2.66. The van der Waals surface area contributed by atoms with E-state index in [4.69, 9.17) is 0 Å². The van der Waals surface area contributed by atoms with Gasteiger partial charge in [-0.05, 0) is 19.3 Å². The van der Waals surface area contributed by atoms with Crippen LogP contribution in [0, 0.1) is 0 Å². The van der Waals surface area contributed by atoms with Crippen LogP contribution in [0.15, 0.2) is 6.33 Å². The molecule has 1 saturated heterocycles. The van der Waals surface area contributed by atoms with E-state index in [1.165, 1.54) is 6.33 Å². The Labute approximate surface area is 104 Å². The molecule has 1 aliphatic carbocycles. The summed E-state index contributed by atoms with van der Waals surface area (Å²) in [5.41, 5.74) is 2.07. The maximum absolute atomic E-state index is 11.2. The Balaban J connectivity index is 1.99. The van der Waals surface area contributed by atoms with Crippen LogP contribution < -0.4 is 4.90 Å². The van der Waals surface area contributed by atoms with Gasteiger partial charge < -0.3 is 15.1 Å². The average molecular weight is 249 g/mol. The number of β-amino-alcohol motifs (C(OH)–C–C–N with tert-alkyl or cyclic N) is 1. The van der Waals surface area contributed by atoms with E-state index >= 15 is 0 Å². The number of rotatable bonds is 2. The summed E-state index contributed by atoms with van der Waals surface area (Å²) in [4.78, 5) is 21.4. The second-order valence-electron chi connectivity index (χ2n) is 4.87. The fraction of sp³-hybridized carbons (Fsp3) is 0.583. The van der Waals surface area contributed by atoms with Crippen molar-refractivity contribution in [3.8, 4) is 0 Å². The van der Waals surface area contributed by atoms with Gasteiger partial charge in [-0.25, -0.2) is 14.8 Å². The number of fused-ring (bicyclic) bond motifs is 1. The van der Waals surface area contributed by atoms with Crippen LogP contribution in [0.2, 0.25) is 0 Å². The van der Waals surface area contributed by atoms with Crippen LogP contribution in [-0.2, 0) is 17.6 Å². The monoisotopic (exact) mass is 249 g/mol. The molecule has 2 unspecified atom stereocenters. The van der Waals surface area contributed by atoms with Crippen molar-refractivity contribution in [1.82, 2.24) is 9.97 Å². The molecule has 0 amide bonds. The van der Waals surface area contributed by atoms with Crippen molar-refractivity contribution in [3.05, 3.63) is 17.6 Å². The number of carboxylic acids is 1. The van der Waals surface area contributed by atoms with Gasteiger partial charge in [-0.1, -0.05) is 0 Å². The predicted octanol–water partition coefficient (Wildman–Crippen LogP) is -0.0105. The van der Waals surface area contributed by atoms with Gasteiger partial charge in [0.05, 0.1) is 6.10 Å². The third-order valence-electron chi connectivity index (χ3n) is 3.69. The first-order valence-electron chi connectivity index (χ1n) is 6.17. The topological polar surface area (TPSA) is 86.5 Å². The van der Waals surface area contributed by atoms with E-state index in [0.29, 0.717) is 12.4 Å². The van der Waals surface area contributed by atoms with Crippen molar-refractivity contribution < 1.29 is 15.0 Å². The first-order chi connectivity index (χ1) is 8.66. The smallest absolute Gasteiger partial charge is 0.326 e. The number of hydrogen-bond donors (Lipinski definition) is 2. The largest absolute Gasteiger partial charge is 0.480 e. The maximum Gasteiger partial charge on any atom is 0.326 e. The molecular weight excluding hydrogens is 234 g/mol. The van der Waals surface area contributed by atoms with E-state index in [2.05, 4.69) is 9.97 Å². The molecule has 6 nitrogen and oxygen atoms in total. The number of carbonyl (C=O) groups is 1. The van der Waals surface area contributed by atoms with Crippen molar-refractivity contribution in [2.75, 3.05) is 11.4 Å². The third kappa shape index (κ3) is 1.73. The minimum absolute atomic E-state index is 0.258. The number of aliphatic hydroxyl groups excluding tert-OH is 1. The summed E-state index contributed by atoms with van der Waals surface area (Å²) < 4.78 is 0. The zero-order valence-corrected chi connectivity index (χ0v) is 9.91. The van der Waals surface area contributed by atoms with Crippen LogP contribution in [-0.4, -0.2) is 44.8 Å². The second kappa shape index (κ2) is 4.20. The average Bonchev–Trinajstić information content (AvgIpc) is 2.94. The van der Waals surface area contributed by atoms with Crippen molar-refractivity contribution in [1.29, 1.82) is 0 Å². The molecule has 6 heteroatoms. The van der Waals surface area contributed by atoms with Crippen molar-refractivity contribution >= 4 is 11.8 Å². The molecule has 96 valence electrons. The van der Waals surface area contributed by atoms with E-state index in [-0.39, 0.29) is 6.42 Å². The molecule has 0 bridgehead atoms. The van der Waals surface area contributed by atoms with E-state index in [1.807, 2.05) is 0 Å². The van der Waals surface area contributed by atoms with Gasteiger partial charge in [0.2, 0.25) is 0 Å². The normalized spacial score (nSPS) is 26.4. The third-order valence-corrected chi connectivity index (χ3v) is 3.69. The Morgan fingerprint density at radius 1 is 1.39 bits per heavy atom. The highest BCUT2D eigenvalue weighted by atomic mass is 16.4.